The Labute approximate surface area is 166 Å². The van der Waals surface area contributed by atoms with E-state index in [1.54, 1.807) is 0 Å². The lowest BCUT2D eigenvalue weighted by Gasteiger charge is -2.63. The molecule has 5 heteroatoms. The molecule has 8 bridgehead atoms. The summed E-state index contributed by atoms with van der Waals surface area (Å²) >= 11 is 0. The van der Waals surface area contributed by atoms with E-state index in [0.717, 1.165) is 23.7 Å². The Hall–Kier alpha value is 0.910. The highest BCUT2D eigenvalue weighted by Gasteiger charge is 2.60. The molecule has 25 heavy (non-hydrogen) atoms. The zero-order valence-corrected chi connectivity index (χ0v) is 17.6. The van der Waals surface area contributed by atoms with Crippen LogP contribution in [-0.4, -0.2) is 20.6 Å². The summed E-state index contributed by atoms with van der Waals surface area (Å²) in [4.78, 5) is 0. The summed E-state index contributed by atoms with van der Waals surface area (Å²) in [5, 5.41) is 0. The fourth-order valence-corrected chi connectivity index (χ4v) is 13.4. The van der Waals surface area contributed by atoms with Gasteiger partial charge in [0, 0.05) is 20.6 Å². The summed E-state index contributed by atoms with van der Waals surface area (Å²) in [6.45, 7) is 0. The molecule has 142 valence electrons. The summed E-state index contributed by atoms with van der Waals surface area (Å²) in [7, 11) is 4.60. The predicted molar refractivity (Wildman–Crippen MR) is 111 cm³/mol. The topological polar surface area (TPSA) is 52.0 Å². The quantitative estimate of drug-likeness (QED) is 0.662. The molecule has 4 N–H and O–H groups in total. The Balaban J connectivity index is 0.00000140. The third-order valence-corrected chi connectivity index (χ3v) is 12.6. The molecule has 8 rings (SSSR count). The van der Waals surface area contributed by atoms with Crippen molar-refractivity contribution in [3.63, 3.8) is 0 Å². The zero-order valence-electron chi connectivity index (χ0n) is 15.2. The van der Waals surface area contributed by atoms with E-state index in [9.17, 15) is 0 Å². The van der Waals surface area contributed by atoms with Crippen molar-refractivity contribution in [3.8, 4) is 0 Å². The molecule has 0 aliphatic heterocycles. The predicted octanol–water partition coefficient (Wildman–Crippen LogP) is 4.89. The van der Waals surface area contributed by atoms with Gasteiger partial charge in [-0.15, -0.1) is 12.4 Å². The SMILES string of the molecule is Cl.NC12CC3CC(C1)CC(SSC14CC5CC(CC(N)(C5)C1)C4)(C3)C2. The van der Waals surface area contributed by atoms with Crippen molar-refractivity contribution in [2.75, 3.05) is 0 Å². The molecule has 8 aliphatic carbocycles. The molecular formula is C20H33ClN2S2. The van der Waals surface area contributed by atoms with Crippen molar-refractivity contribution >= 4 is 34.0 Å². The van der Waals surface area contributed by atoms with Crippen molar-refractivity contribution in [2.24, 2.45) is 35.1 Å². The second kappa shape index (κ2) is 5.49. The summed E-state index contributed by atoms with van der Waals surface area (Å²) in [6.07, 6.45) is 16.6. The largest absolute Gasteiger partial charge is 0.325 e. The Kier molecular flexibility index (Phi) is 3.95. The van der Waals surface area contributed by atoms with Gasteiger partial charge in [0.2, 0.25) is 0 Å². The maximum atomic E-state index is 6.82. The van der Waals surface area contributed by atoms with E-state index in [-0.39, 0.29) is 23.5 Å². The van der Waals surface area contributed by atoms with Gasteiger partial charge in [0.15, 0.2) is 0 Å². The number of rotatable bonds is 3. The number of hydrogen-bond donors (Lipinski definition) is 2. The van der Waals surface area contributed by atoms with Gasteiger partial charge < -0.3 is 11.5 Å². The third kappa shape index (κ3) is 2.84. The zero-order chi connectivity index (χ0) is 16.2. The Morgan fingerprint density at radius 2 is 0.880 bits per heavy atom. The molecule has 4 atom stereocenters. The van der Waals surface area contributed by atoms with Gasteiger partial charge in [-0.25, -0.2) is 0 Å². The molecule has 8 fully saturated rings. The van der Waals surface area contributed by atoms with Gasteiger partial charge in [0.05, 0.1) is 0 Å². The van der Waals surface area contributed by atoms with Crippen molar-refractivity contribution in [3.05, 3.63) is 0 Å². The number of halogens is 1. The molecule has 0 radical (unpaired) electrons. The first-order chi connectivity index (χ1) is 11.3. The second-order valence-corrected chi connectivity index (χ2v) is 14.2. The van der Waals surface area contributed by atoms with E-state index in [1.807, 2.05) is 0 Å². The van der Waals surface area contributed by atoms with Crippen molar-refractivity contribution in [2.45, 2.75) is 97.6 Å². The molecular weight excluding hydrogens is 368 g/mol. The van der Waals surface area contributed by atoms with Gasteiger partial charge in [-0.1, -0.05) is 21.6 Å². The molecule has 0 aromatic rings. The Morgan fingerprint density at radius 3 is 1.16 bits per heavy atom. The Morgan fingerprint density at radius 1 is 0.560 bits per heavy atom. The molecule has 0 spiro atoms. The summed E-state index contributed by atoms with van der Waals surface area (Å²) in [6, 6.07) is 0. The van der Waals surface area contributed by atoms with Gasteiger partial charge in [-0.05, 0) is 101 Å². The van der Waals surface area contributed by atoms with Crippen LogP contribution >= 0.6 is 34.0 Å². The van der Waals surface area contributed by atoms with Crippen LogP contribution in [0.5, 0.6) is 0 Å². The minimum Gasteiger partial charge on any atom is -0.325 e. The van der Waals surface area contributed by atoms with E-state index in [1.165, 1.54) is 77.0 Å². The van der Waals surface area contributed by atoms with Gasteiger partial charge in [0.25, 0.3) is 0 Å². The lowest BCUT2D eigenvalue weighted by molar-refractivity contribution is 0.0163. The molecule has 8 saturated carbocycles. The van der Waals surface area contributed by atoms with Crippen LogP contribution in [-0.2, 0) is 0 Å². The average molecular weight is 401 g/mol. The van der Waals surface area contributed by atoms with Crippen LogP contribution in [0.2, 0.25) is 0 Å². The molecule has 0 saturated heterocycles. The smallest absolute Gasteiger partial charge is 0.0286 e. The van der Waals surface area contributed by atoms with Gasteiger partial charge in [-0.3, -0.25) is 0 Å². The van der Waals surface area contributed by atoms with Gasteiger partial charge in [-0.2, -0.15) is 0 Å². The van der Waals surface area contributed by atoms with Gasteiger partial charge >= 0.3 is 0 Å². The number of hydrogen-bond acceptors (Lipinski definition) is 4. The molecule has 2 nitrogen and oxygen atoms in total. The van der Waals surface area contributed by atoms with Crippen LogP contribution in [0.25, 0.3) is 0 Å². The third-order valence-electron chi connectivity index (χ3n) is 8.50. The van der Waals surface area contributed by atoms with Crippen LogP contribution in [0.4, 0.5) is 0 Å². The molecule has 8 aliphatic rings. The number of nitrogens with two attached hydrogens (primary N) is 2. The maximum Gasteiger partial charge on any atom is 0.0286 e. The summed E-state index contributed by atoms with van der Waals surface area (Å²) in [5.41, 5.74) is 14.0. The minimum absolute atomic E-state index is 0. The van der Waals surface area contributed by atoms with E-state index in [4.69, 9.17) is 11.5 Å². The molecule has 0 amide bonds. The van der Waals surface area contributed by atoms with E-state index >= 15 is 0 Å². The molecule has 0 aromatic carbocycles. The molecule has 0 aromatic heterocycles. The normalized spacial score (nSPS) is 60.7. The van der Waals surface area contributed by atoms with Crippen LogP contribution in [0.1, 0.15) is 77.0 Å². The van der Waals surface area contributed by atoms with Crippen LogP contribution in [0.3, 0.4) is 0 Å². The second-order valence-electron chi connectivity index (χ2n) is 11.2. The van der Waals surface area contributed by atoms with E-state index in [0.29, 0.717) is 9.49 Å². The highest BCUT2D eigenvalue weighted by molar-refractivity contribution is 8.77. The maximum absolute atomic E-state index is 6.82. The summed E-state index contributed by atoms with van der Waals surface area (Å²) in [5.74, 6) is 3.73. The first-order valence-corrected chi connectivity index (χ1v) is 12.4. The highest BCUT2D eigenvalue weighted by Crippen LogP contribution is 2.69. The van der Waals surface area contributed by atoms with Crippen molar-refractivity contribution in [1.29, 1.82) is 0 Å². The minimum atomic E-state index is 0. The van der Waals surface area contributed by atoms with E-state index in [2.05, 4.69) is 21.6 Å². The van der Waals surface area contributed by atoms with Crippen molar-refractivity contribution < 1.29 is 0 Å². The standard InChI is InChI=1S/C20H32N2S2.ClH/c21-17-3-13-1-14(4-17)8-19(7-13,11-17)23-24-20-9-15-2-16(10-20)6-18(22,5-15)12-20;/h13-16H,1-12,21-22H2;1H. The Bertz CT molecular complexity index is 504. The lowest BCUT2D eigenvalue weighted by atomic mass is 9.53. The van der Waals surface area contributed by atoms with Gasteiger partial charge in [0.1, 0.15) is 0 Å². The first kappa shape index (κ1) is 18.0. The van der Waals surface area contributed by atoms with Crippen LogP contribution in [0.15, 0.2) is 0 Å². The summed E-state index contributed by atoms with van der Waals surface area (Å²) < 4.78 is 1.02. The van der Waals surface area contributed by atoms with Crippen molar-refractivity contribution in [1.82, 2.24) is 0 Å². The fraction of sp³-hybridized carbons (Fsp3) is 1.00. The fourth-order valence-electron chi connectivity index (χ4n) is 8.87. The first-order valence-electron chi connectivity index (χ1n) is 10.3. The highest BCUT2D eigenvalue weighted by atomic mass is 35.5. The molecule has 4 unspecified atom stereocenters. The average Bonchev–Trinajstić information content (AvgIpc) is 2.40. The monoisotopic (exact) mass is 400 g/mol. The lowest BCUT2D eigenvalue weighted by Crippen LogP contribution is -2.63. The van der Waals surface area contributed by atoms with E-state index < -0.39 is 0 Å². The van der Waals surface area contributed by atoms with Crippen LogP contribution in [0, 0.1) is 23.7 Å². The molecule has 0 heterocycles. The van der Waals surface area contributed by atoms with Crippen LogP contribution < -0.4 is 11.5 Å².